The van der Waals surface area contributed by atoms with Gasteiger partial charge in [-0.05, 0) is 38.6 Å². The third-order valence-corrected chi connectivity index (χ3v) is 24.8. The predicted octanol–water partition coefficient (Wildman–Crippen LogP) is 11.9. The van der Waals surface area contributed by atoms with Gasteiger partial charge in [0.1, 0.15) is 0 Å². The average molecular weight is 687 g/mol. The van der Waals surface area contributed by atoms with E-state index < -0.39 is 18.4 Å². The Hall–Kier alpha value is -1.33. The molecule has 1 aliphatic heterocycles. The number of hydrogen-bond donors (Lipinski definition) is 1. The second kappa shape index (κ2) is 16.1. The van der Waals surface area contributed by atoms with Crippen molar-refractivity contribution in [2.24, 2.45) is 11.0 Å². The van der Waals surface area contributed by atoms with E-state index in [0.717, 1.165) is 42.6 Å². The van der Waals surface area contributed by atoms with E-state index in [1.54, 1.807) is 13.3 Å². The summed E-state index contributed by atoms with van der Waals surface area (Å²) in [6, 6.07) is 4.18. The molecule has 1 aromatic carbocycles. The second-order valence-electron chi connectivity index (χ2n) is 14.7. The number of fused-ring (bicyclic) bond motifs is 3. The monoisotopic (exact) mass is 687 g/mol. The van der Waals surface area contributed by atoms with Crippen molar-refractivity contribution in [3.63, 3.8) is 0 Å². The molecule has 0 bridgehead atoms. The van der Waals surface area contributed by atoms with E-state index in [0.29, 0.717) is 11.7 Å². The number of unbranched alkanes of at least 4 members (excludes halogenated alkanes) is 5. The molecule has 2 aliphatic rings. The van der Waals surface area contributed by atoms with Crippen molar-refractivity contribution in [3.8, 4) is 11.5 Å². The van der Waals surface area contributed by atoms with E-state index in [1.165, 1.54) is 57.8 Å². The number of nitrogens with zero attached hydrogens (tertiary/aromatic N) is 3. The Labute approximate surface area is 261 Å². The van der Waals surface area contributed by atoms with Crippen molar-refractivity contribution in [3.05, 3.63) is 43.9 Å². The van der Waals surface area contributed by atoms with Gasteiger partial charge in [0.2, 0.25) is 0 Å². The van der Waals surface area contributed by atoms with E-state index in [4.69, 9.17) is 10.3 Å². The summed E-state index contributed by atoms with van der Waals surface area (Å²) in [5, 5.41) is 15.4. The van der Waals surface area contributed by atoms with Gasteiger partial charge in [0, 0.05) is 16.9 Å². The van der Waals surface area contributed by atoms with E-state index >= 15 is 0 Å². The van der Waals surface area contributed by atoms with Gasteiger partial charge in [-0.15, -0.1) is 0 Å². The molecule has 3 rings (SSSR count). The van der Waals surface area contributed by atoms with Gasteiger partial charge in [-0.1, -0.05) is 5.11 Å². The third kappa shape index (κ3) is 9.10. The Bertz CT molecular complexity index is 1050. The maximum absolute atomic E-state index is 11.3. The van der Waals surface area contributed by atoms with Crippen LogP contribution < -0.4 is 4.74 Å². The van der Waals surface area contributed by atoms with Gasteiger partial charge in [0.25, 0.3) is 0 Å². The van der Waals surface area contributed by atoms with Gasteiger partial charge < -0.3 is 0 Å². The molecule has 0 radical (unpaired) electrons. The fraction of sp³-hybridized carbons (Fsp3) is 0.778. The summed E-state index contributed by atoms with van der Waals surface area (Å²) < 4.78 is 14.1. The summed E-state index contributed by atoms with van der Waals surface area (Å²) in [6.45, 7) is 16.0. The summed E-state index contributed by atoms with van der Waals surface area (Å²) in [5.41, 5.74) is 10.7. The van der Waals surface area contributed by atoms with Crippen LogP contribution >= 0.6 is 0 Å². The zero-order valence-corrected chi connectivity index (χ0v) is 30.9. The first-order valence-corrected chi connectivity index (χ1v) is 25.0. The van der Waals surface area contributed by atoms with Crippen LogP contribution in [0.25, 0.3) is 10.4 Å². The number of phenolic OH excluding ortho intramolecular Hbond substituents is 1. The van der Waals surface area contributed by atoms with Crippen LogP contribution in [0.2, 0.25) is 13.3 Å². The van der Waals surface area contributed by atoms with Crippen LogP contribution in [0, 0.1) is 5.92 Å². The normalized spacial score (nSPS) is 21.8. The first-order valence-electron chi connectivity index (χ1n) is 17.3. The summed E-state index contributed by atoms with van der Waals surface area (Å²) in [7, 11) is 0. The summed E-state index contributed by atoms with van der Waals surface area (Å²) in [6.07, 6.45) is 18.2. The van der Waals surface area contributed by atoms with Crippen LogP contribution in [0.3, 0.4) is 0 Å². The second-order valence-corrected chi connectivity index (χ2v) is 27.7. The van der Waals surface area contributed by atoms with E-state index in [2.05, 4.69) is 74.7 Å². The summed E-state index contributed by atoms with van der Waals surface area (Å²) in [4.78, 5) is 3.08. The molecule has 1 aliphatic carbocycles. The molecule has 6 heteroatoms. The minimum absolute atomic E-state index is 0.0123. The van der Waals surface area contributed by atoms with E-state index in [1.807, 2.05) is 6.07 Å². The summed E-state index contributed by atoms with van der Waals surface area (Å²) in [5.74, 6) is 1.63. The third-order valence-electron chi connectivity index (χ3n) is 10.6. The molecule has 0 unspecified atom stereocenters. The standard InChI is InChI=1S/C24H34N3O2.3C4H9.Sn/c1-6-7-8-9-12-23(2,3)16-13-20(28)22-18-15-17(26-27-25)10-11-19(18)24(4,5)29-21(22)14-16;3*1-3-4-2;/h1,6,13-14,17-19,28H,7-12,15H2,2-5H3;3*1,3-4H2,2H3;/t17-,18-,19-;;;;/m1..../s1. The molecule has 0 aromatic heterocycles. The van der Waals surface area contributed by atoms with Gasteiger partial charge in [0.05, 0.1) is 0 Å². The number of allylic oxidation sites excluding steroid dienone is 1. The van der Waals surface area contributed by atoms with Crippen molar-refractivity contribution in [2.45, 2.75) is 168 Å². The van der Waals surface area contributed by atoms with Crippen molar-refractivity contribution >= 4 is 18.4 Å². The number of phenols is 1. The number of hydrogen-bond acceptors (Lipinski definition) is 3. The Kier molecular flexibility index (Phi) is 13.5. The van der Waals surface area contributed by atoms with Crippen LogP contribution in [-0.2, 0) is 5.41 Å². The fourth-order valence-corrected chi connectivity index (χ4v) is 22.3. The Morgan fingerprint density at radius 2 is 1.67 bits per heavy atom. The van der Waals surface area contributed by atoms with Crippen molar-refractivity contribution in [1.29, 1.82) is 0 Å². The molecule has 1 saturated carbocycles. The maximum atomic E-state index is 11.3. The SMILES string of the molecule is CCC[CH2][Sn]([CH]=CCCCCC(C)(C)c1cc(O)c2c(c1)OC(C)(C)[C@@H]1CC[C@@H](N=[N+]=[N-])C[C@@H]21)([CH2]CCC)[CH2]CCC. The zero-order chi connectivity index (χ0) is 30.8. The molecule has 0 spiro atoms. The molecular weight excluding hydrogens is 625 g/mol. The Morgan fingerprint density at radius 1 is 1.02 bits per heavy atom. The molecular formula is C36H61N3O2Sn. The average Bonchev–Trinajstić information content (AvgIpc) is 2.94. The van der Waals surface area contributed by atoms with Crippen LogP contribution in [0.1, 0.15) is 149 Å². The molecule has 1 aromatic rings. The number of rotatable bonds is 17. The van der Waals surface area contributed by atoms with Gasteiger partial charge >= 0.3 is 202 Å². The van der Waals surface area contributed by atoms with Crippen molar-refractivity contribution in [1.82, 2.24) is 0 Å². The van der Waals surface area contributed by atoms with E-state index in [9.17, 15) is 5.11 Å². The molecule has 1 fully saturated rings. The van der Waals surface area contributed by atoms with Crippen LogP contribution in [-0.4, -0.2) is 35.1 Å². The first kappa shape index (κ1) is 35.2. The first-order chi connectivity index (χ1) is 20.0. The van der Waals surface area contributed by atoms with Crippen molar-refractivity contribution < 1.29 is 9.84 Å². The molecule has 1 N–H and O–H groups in total. The fourth-order valence-electron chi connectivity index (χ4n) is 7.81. The van der Waals surface area contributed by atoms with Gasteiger partial charge in [0.15, 0.2) is 0 Å². The molecule has 1 heterocycles. The number of aromatic hydroxyl groups is 1. The topological polar surface area (TPSA) is 78.2 Å². The molecule has 42 heavy (non-hydrogen) atoms. The Balaban J connectivity index is 1.67. The minimum atomic E-state index is -2.18. The molecule has 0 amide bonds. The molecule has 3 atom stereocenters. The zero-order valence-electron chi connectivity index (χ0n) is 28.1. The molecule has 0 saturated heterocycles. The molecule has 5 nitrogen and oxygen atoms in total. The van der Waals surface area contributed by atoms with Crippen LogP contribution in [0.5, 0.6) is 11.5 Å². The summed E-state index contributed by atoms with van der Waals surface area (Å²) >= 11 is -2.18. The quantitative estimate of drug-likeness (QED) is 0.0582. The number of ether oxygens (including phenoxy) is 1. The molecule has 236 valence electrons. The van der Waals surface area contributed by atoms with Crippen LogP contribution in [0.15, 0.2) is 27.4 Å². The number of benzene rings is 1. The number of azide groups is 1. The van der Waals surface area contributed by atoms with Crippen LogP contribution in [0.4, 0.5) is 0 Å². The van der Waals surface area contributed by atoms with E-state index in [-0.39, 0.29) is 23.0 Å². The van der Waals surface area contributed by atoms with Crippen molar-refractivity contribution in [2.75, 3.05) is 0 Å². The van der Waals surface area contributed by atoms with Gasteiger partial charge in [-0.3, -0.25) is 0 Å². The van der Waals surface area contributed by atoms with Gasteiger partial charge in [-0.25, -0.2) is 0 Å². The Morgan fingerprint density at radius 3 is 2.26 bits per heavy atom. The predicted molar refractivity (Wildman–Crippen MR) is 181 cm³/mol. The van der Waals surface area contributed by atoms with Gasteiger partial charge in [-0.2, -0.15) is 0 Å².